The van der Waals surface area contributed by atoms with E-state index in [4.69, 9.17) is 5.73 Å². The predicted octanol–water partition coefficient (Wildman–Crippen LogP) is 2.74. The maximum atomic E-state index is 5.77. The quantitative estimate of drug-likeness (QED) is 0.670. The van der Waals surface area contributed by atoms with Gasteiger partial charge in [0.2, 0.25) is 0 Å². The largest absolute Gasteiger partial charge is 0.398 e. The molecule has 0 radical (unpaired) electrons. The Kier molecular flexibility index (Phi) is 4.74. The van der Waals surface area contributed by atoms with Gasteiger partial charge in [-0.15, -0.1) is 0 Å². The maximum absolute atomic E-state index is 5.77. The summed E-state index contributed by atoms with van der Waals surface area (Å²) in [7, 11) is 0. The van der Waals surface area contributed by atoms with Gasteiger partial charge in [-0.3, -0.25) is 4.99 Å². The Balaban J connectivity index is 4.22. The zero-order valence-electron chi connectivity index (χ0n) is 9.46. The minimum absolute atomic E-state index is 0.131. The van der Waals surface area contributed by atoms with Crippen molar-refractivity contribution in [3.63, 3.8) is 0 Å². The molecule has 0 saturated carbocycles. The third-order valence-corrected chi connectivity index (χ3v) is 1.67. The van der Waals surface area contributed by atoms with E-state index in [1.54, 1.807) is 6.21 Å². The average Bonchev–Trinajstić information content (AvgIpc) is 1.97. The monoisotopic (exact) mass is 182 g/mol. The highest BCUT2D eigenvalue weighted by Crippen LogP contribution is 2.15. The van der Waals surface area contributed by atoms with Crippen molar-refractivity contribution >= 4 is 6.21 Å². The van der Waals surface area contributed by atoms with E-state index in [1.807, 2.05) is 6.08 Å². The molecular weight excluding hydrogens is 160 g/mol. The second kappa shape index (κ2) is 5.05. The summed E-state index contributed by atoms with van der Waals surface area (Å²) in [5, 5.41) is 0. The van der Waals surface area contributed by atoms with Crippen molar-refractivity contribution < 1.29 is 0 Å². The van der Waals surface area contributed by atoms with Crippen LogP contribution in [-0.2, 0) is 0 Å². The molecule has 0 aliphatic carbocycles. The molecule has 2 nitrogen and oxygen atoms in total. The van der Waals surface area contributed by atoms with Gasteiger partial charge in [0.05, 0.1) is 0 Å². The summed E-state index contributed by atoms with van der Waals surface area (Å²) >= 11 is 0. The van der Waals surface area contributed by atoms with Crippen LogP contribution in [0.4, 0.5) is 0 Å². The van der Waals surface area contributed by atoms with Gasteiger partial charge in [-0.25, -0.2) is 0 Å². The van der Waals surface area contributed by atoms with E-state index in [2.05, 4.69) is 39.6 Å². The molecule has 0 aliphatic rings. The Bertz CT molecular complexity index is 197. The fourth-order valence-corrected chi connectivity index (χ4v) is 0.856. The lowest BCUT2D eigenvalue weighted by atomic mass is 9.95. The fraction of sp³-hybridized carbons (Fsp3) is 0.727. The molecular formula is C11H22N2. The van der Waals surface area contributed by atoms with Crippen molar-refractivity contribution in [3.8, 4) is 0 Å². The van der Waals surface area contributed by atoms with Crippen LogP contribution in [0.2, 0.25) is 0 Å². The molecule has 13 heavy (non-hydrogen) atoms. The summed E-state index contributed by atoms with van der Waals surface area (Å²) in [5.41, 5.74) is 6.66. The zero-order chi connectivity index (χ0) is 10.5. The molecule has 0 aromatic heterocycles. The number of rotatable bonds is 3. The highest BCUT2D eigenvalue weighted by Gasteiger charge is 2.05. The Hall–Kier alpha value is -0.790. The Morgan fingerprint density at radius 3 is 2.38 bits per heavy atom. The van der Waals surface area contributed by atoms with Gasteiger partial charge in [0, 0.05) is 18.0 Å². The molecule has 0 aromatic rings. The number of allylic oxidation sites excluding steroid dienone is 2. The van der Waals surface area contributed by atoms with Gasteiger partial charge in [-0.2, -0.15) is 0 Å². The first kappa shape index (κ1) is 12.2. The first-order chi connectivity index (χ1) is 5.85. The van der Waals surface area contributed by atoms with Crippen LogP contribution in [0.1, 0.15) is 41.0 Å². The van der Waals surface area contributed by atoms with E-state index >= 15 is 0 Å². The number of aliphatic imine (C=N–C) groups is 1. The van der Waals surface area contributed by atoms with Gasteiger partial charge in [0.25, 0.3) is 0 Å². The molecule has 76 valence electrons. The van der Waals surface area contributed by atoms with E-state index in [1.165, 1.54) is 0 Å². The SMILES string of the molecule is CCC(C)N=C/C(N)=C\C(C)(C)C. The van der Waals surface area contributed by atoms with Gasteiger partial charge in [0.1, 0.15) is 0 Å². The number of nitrogens with two attached hydrogens (primary N) is 1. The molecule has 0 rings (SSSR count). The van der Waals surface area contributed by atoms with Crippen LogP contribution < -0.4 is 5.73 Å². The maximum Gasteiger partial charge on any atom is 0.0469 e. The van der Waals surface area contributed by atoms with Crippen molar-refractivity contribution in [3.05, 3.63) is 11.8 Å². The summed E-state index contributed by atoms with van der Waals surface area (Å²) in [5.74, 6) is 0. The molecule has 1 unspecified atom stereocenters. The normalized spacial score (nSPS) is 16.5. The number of hydrogen-bond donors (Lipinski definition) is 1. The number of hydrogen-bond acceptors (Lipinski definition) is 2. The molecule has 0 fully saturated rings. The molecule has 2 N–H and O–H groups in total. The summed E-state index contributed by atoms with van der Waals surface area (Å²) in [4.78, 5) is 4.31. The van der Waals surface area contributed by atoms with Crippen LogP contribution in [0, 0.1) is 5.41 Å². The van der Waals surface area contributed by atoms with Gasteiger partial charge in [0.15, 0.2) is 0 Å². The highest BCUT2D eigenvalue weighted by atomic mass is 14.8. The lowest BCUT2D eigenvalue weighted by Gasteiger charge is -2.12. The Labute approximate surface area is 81.9 Å². The smallest absolute Gasteiger partial charge is 0.0469 e. The molecule has 0 bridgehead atoms. The second-order valence-electron chi connectivity index (χ2n) is 4.55. The van der Waals surface area contributed by atoms with Crippen molar-refractivity contribution in [1.82, 2.24) is 0 Å². The molecule has 2 heteroatoms. The van der Waals surface area contributed by atoms with Crippen molar-refractivity contribution in [2.75, 3.05) is 0 Å². The van der Waals surface area contributed by atoms with Crippen LogP contribution in [0.3, 0.4) is 0 Å². The van der Waals surface area contributed by atoms with Crippen LogP contribution in [-0.4, -0.2) is 12.3 Å². The van der Waals surface area contributed by atoms with Gasteiger partial charge >= 0.3 is 0 Å². The molecule has 0 aliphatic heterocycles. The molecule has 0 aromatic carbocycles. The second-order valence-corrected chi connectivity index (χ2v) is 4.55. The number of nitrogens with zero attached hydrogens (tertiary/aromatic N) is 1. The standard InChI is InChI=1S/C11H22N2/c1-6-9(2)13-8-10(12)7-11(3,4)5/h7-9H,6,12H2,1-5H3/b10-7+,13-8?. The van der Waals surface area contributed by atoms with Gasteiger partial charge < -0.3 is 5.73 Å². The minimum Gasteiger partial charge on any atom is -0.398 e. The summed E-state index contributed by atoms with van der Waals surface area (Å²) in [6.45, 7) is 10.6. The third kappa shape index (κ3) is 7.57. The van der Waals surface area contributed by atoms with E-state index < -0.39 is 0 Å². The molecule has 0 amide bonds. The fourth-order valence-electron chi connectivity index (χ4n) is 0.856. The summed E-state index contributed by atoms with van der Waals surface area (Å²) in [6.07, 6.45) is 4.84. The topological polar surface area (TPSA) is 38.4 Å². The van der Waals surface area contributed by atoms with Crippen molar-refractivity contribution in [2.45, 2.75) is 47.1 Å². The molecule has 0 saturated heterocycles. The first-order valence-corrected chi connectivity index (χ1v) is 4.86. The van der Waals surface area contributed by atoms with Crippen LogP contribution in [0.25, 0.3) is 0 Å². The van der Waals surface area contributed by atoms with Crippen molar-refractivity contribution in [2.24, 2.45) is 16.1 Å². The van der Waals surface area contributed by atoms with Crippen LogP contribution in [0.5, 0.6) is 0 Å². The molecule has 0 heterocycles. The Morgan fingerprint density at radius 2 is 2.00 bits per heavy atom. The lowest BCUT2D eigenvalue weighted by Crippen LogP contribution is -2.08. The highest BCUT2D eigenvalue weighted by molar-refractivity contribution is 5.77. The lowest BCUT2D eigenvalue weighted by molar-refractivity contribution is 0.541. The zero-order valence-corrected chi connectivity index (χ0v) is 9.46. The van der Waals surface area contributed by atoms with Gasteiger partial charge in [-0.1, -0.05) is 33.8 Å². The van der Waals surface area contributed by atoms with Gasteiger partial charge in [-0.05, 0) is 18.8 Å². The van der Waals surface area contributed by atoms with Crippen molar-refractivity contribution in [1.29, 1.82) is 0 Å². The van der Waals surface area contributed by atoms with Crippen LogP contribution >= 0.6 is 0 Å². The van der Waals surface area contributed by atoms with Crippen LogP contribution in [0.15, 0.2) is 16.8 Å². The average molecular weight is 182 g/mol. The summed E-state index contributed by atoms with van der Waals surface area (Å²) in [6, 6.07) is 0.368. The van der Waals surface area contributed by atoms with E-state index in [0.717, 1.165) is 12.1 Å². The first-order valence-electron chi connectivity index (χ1n) is 4.86. The minimum atomic E-state index is 0.131. The van der Waals surface area contributed by atoms with E-state index in [-0.39, 0.29) is 5.41 Å². The Morgan fingerprint density at radius 1 is 1.46 bits per heavy atom. The molecule has 0 spiro atoms. The summed E-state index contributed by atoms with van der Waals surface area (Å²) < 4.78 is 0. The molecule has 1 atom stereocenters. The van der Waals surface area contributed by atoms with E-state index in [9.17, 15) is 0 Å². The predicted molar refractivity (Wildman–Crippen MR) is 60.0 cm³/mol. The third-order valence-electron chi connectivity index (χ3n) is 1.67. The van der Waals surface area contributed by atoms with E-state index in [0.29, 0.717) is 6.04 Å².